The second kappa shape index (κ2) is 5.58. The second-order valence-electron chi connectivity index (χ2n) is 4.40. The van der Waals surface area contributed by atoms with E-state index in [1.54, 1.807) is 0 Å². The number of hydrogen-bond acceptors (Lipinski definition) is 6. The van der Waals surface area contributed by atoms with E-state index in [2.05, 4.69) is 9.71 Å². The number of sulfonamides is 1. The maximum Gasteiger partial charge on any atom is 0.363 e. The molecule has 2 atom stereocenters. The molecule has 21 heavy (non-hydrogen) atoms. The molecule has 0 radical (unpaired) electrons. The Kier molecular flexibility index (Phi) is 4.00. The molecule has 112 valence electrons. The number of rotatable bonds is 5. The van der Waals surface area contributed by atoms with Crippen molar-refractivity contribution < 1.29 is 23.2 Å². The lowest BCUT2D eigenvalue weighted by Crippen LogP contribution is -2.33. The van der Waals surface area contributed by atoms with Gasteiger partial charge in [-0.15, -0.1) is 0 Å². The summed E-state index contributed by atoms with van der Waals surface area (Å²) in [5.41, 5.74) is 0. The van der Waals surface area contributed by atoms with Gasteiger partial charge in [0, 0.05) is 12.1 Å². The Morgan fingerprint density at radius 3 is 2.62 bits per heavy atom. The number of nitrogens with one attached hydrogen (secondary N) is 1. The van der Waals surface area contributed by atoms with E-state index in [9.17, 15) is 23.3 Å². The fourth-order valence-electron chi connectivity index (χ4n) is 1.88. The summed E-state index contributed by atoms with van der Waals surface area (Å²) in [5.74, 6) is -2.21. The van der Waals surface area contributed by atoms with E-state index >= 15 is 0 Å². The van der Waals surface area contributed by atoms with Crippen LogP contribution < -0.4 is 4.72 Å². The molecule has 10 heteroatoms. The summed E-state index contributed by atoms with van der Waals surface area (Å²) in [6.07, 6.45) is 3.89. The zero-order valence-electron chi connectivity index (χ0n) is 10.5. The van der Waals surface area contributed by atoms with Crippen LogP contribution in [-0.4, -0.2) is 35.4 Å². The predicted molar refractivity (Wildman–Crippen MR) is 69.9 cm³/mol. The SMILES string of the molecule is O=C(O)C1C=CC(NS(=O)(=O)c2ccc([N+](=O)[O-])nc2)C1. The summed E-state index contributed by atoms with van der Waals surface area (Å²) < 4.78 is 26.4. The zero-order valence-corrected chi connectivity index (χ0v) is 11.4. The van der Waals surface area contributed by atoms with Crippen molar-refractivity contribution in [2.45, 2.75) is 17.4 Å². The van der Waals surface area contributed by atoms with Crippen molar-refractivity contribution in [3.8, 4) is 0 Å². The summed E-state index contributed by atoms with van der Waals surface area (Å²) in [4.78, 5) is 23.7. The predicted octanol–water partition coefficient (Wildman–Crippen LogP) is 0.297. The number of carbonyl (C=O) groups is 1. The molecule has 0 saturated heterocycles. The van der Waals surface area contributed by atoms with Crippen molar-refractivity contribution >= 4 is 21.8 Å². The Hall–Kier alpha value is -2.33. The highest BCUT2D eigenvalue weighted by atomic mass is 32.2. The fraction of sp³-hybridized carbons (Fsp3) is 0.273. The number of carboxylic acid groups (broad SMARTS) is 1. The van der Waals surface area contributed by atoms with Crippen LogP contribution in [0.2, 0.25) is 0 Å². The Morgan fingerprint density at radius 1 is 1.43 bits per heavy atom. The van der Waals surface area contributed by atoms with Gasteiger partial charge < -0.3 is 15.2 Å². The molecule has 2 N–H and O–H groups in total. The molecule has 9 nitrogen and oxygen atoms in total. The number of carboxylic acids is 1. The van der Waals surface area contributed by atoms with Gasteiger partial charge in [-0.1, -0.05) is 12.2 Å². The maximum absolute atomic E-state index is 12.0. The van der Waals surface area contributed by atoms with Crippen LogP contribution >= 0.6 is 0 Å². The van der Waals surface area contributed by atoms with Gasteiger partial charge in [-0.2, -0.15) is 0 Å². The lowest BCUT2D eigenvalue weighted by atomic mass is 10.1. The summed E-state index contributed by atoms with van der Waals surface area (Å²) in [6, 6.07) is 1.42. The molecule has 0 bridgehead atoms. The minimum Gasteiger partial charge on any atom is -0.481 e. The van der Waals surface area contributed by atoms with Crippen LogP contribution in [0, 0.1) is 16.0 Å². The van der Waals surface area contributed by atoms with Crippen LogP contribution in [-0.2, 0) is 14.8 Å². The molecule has 0 aromatic carbocycles. The van der Waals surface area contributed by atoms with Gasteiger partial charge in [0.1, 0.15) is 4.90 Å². The Bertz CT molecular complexity index is 697. The summed E-state index contributed by atoms with van der Waals surface area (Å²) in [7, 11) is -3.91. The standard InChI is InChI=1S/C11H11N3O6S/c15-11(16)7-1-2-8(5-7)13-21(19,20)9-3-4-10(12-6-9)14(17)18/h1-4,6-8,13H,5H2,(H,15,16). The Balaban J connectivity index is 2.11. The average Bonchev–Trinajstić information content (AvgIpc) is 2.87. The van der Waals surface area contributed by atoms with E-state index in [0.717, 1.165) is 18.3 Å². The molecular formula is C11H11N3O6S. The average molecular weight is 313 g/mol. The van der Waals surface area contributed by atoms with Crippen molar-refractivity contribution in [1.82, 2.24) is 9.71 Å². The molecule has 1 heterocycles. The number of hydrogen-bond donors (Lipinski definition) is 2. The molecule has 1 aromatic rings. The first-order chi connectivity index (χ1) is 9.79. The van der Waals surface area contributed by atoms with Crippen molar-refractivity contribution in [3.05, 3.63) is 40.6 Å². The van der Waals surface area contributed by atoms with Gasteiger partial charge in [0.2, 0.25) is 10.0 Å². The lowest BCUT2D eigenvalue weighted by Gasteiger charge is -2.11. The number of aliphatic carboxylic acids is 1. The molecular weight excluding hydrogens is 302 g/mol. The van der Waals surface area contributed by atoms with Gasteiger partial charge in [0.05, 0.1) is 5.92 Å². The fourth-order valence-corrected chi connectivity index (χ4v) is 3.02. The maximum atomic E-state index is 12.0. The van der Waals surface area contributed by atoms with Crippen LogP contribution in [0.5, 0.6) is 0 Å². The van der Waals surface area contributed by atoms with Crippen LogP contribution in [0.4, 0.5) is 5.82 Å². The Morgan fingerprint density at radius 2 is 2.14 bits per heavy atom. The quantitative estimate of drug-likeness (QED) is 0.452. The molecule has 0 fully saturated rings. The number of nitrogens with zero attached hydrogens (tertiary/aromatic N) is 2. The van der Waals surface area contributed by atoms with Crippen LogP contribution in [0.1, 0.15) is 6.42 Å². The van der Waals surface area contributed by atoms with E-state index in [-0.39, 0.29) is 11.3 Å². The van der Waals surface area contributed by atoms with Crippen molar-refractivity contribution in [2.24, 2.45) is 5.92 Å². The smallest absolute Gasteiger partial charge is 0.363 e. The van der Waals surface area contributed by atoms with Gasteiger partial charge >= 0.3 is 11.8 Å². The largest absolute Gasteiger partial charge is 0.481 e. The summed E-state index contributed by atoms with van der Waals surface area (Å²) in [6.45, 7) is 0. The first kappa shape index (κ1) is 15.1. The van der Waals surface area contributed by atoms with Gasteiger partial charge in [-0.25, -0.2) is 13.1 Å². The summed E-state index contributed by atoms with van der Waals surface area (Å²) in [5, 5.41) is 19.3. The van der Waals surface area contributed by atoms with Crippen LogP contribution in [0.3, 0.4) is 0 Å². The number of pyridine rings is 1. The van der Waals surface area contributed by atoms with E-state index in [0.29, 0.717) is 0 Å². The van der Waals surface area contributed by atoms with E-state index in [1.165, 1.54) is 12.2 Å². The molecule has 2 rings (SSSR count). The Labute approximate surface area is 119 Å². The number of nitro groups is 1. The van der Waals surface area contributed by atoms with E-state index < -0.39 is 38.7 Å². The van der Waals surface area contributed by atoms with Gasteiger partial charge in [0.25, 0.3) is 0 Å². The zero-order chi connectivity index (χ0) is 15.6. The third-order valence-electron chi connectivity index (χ3n) is 2.93. The van der Waals surface area contributed by atoms with E-state index in [4.69, 9.17) is 5.11 Å². The highest BCUT2D eigenvalue weighted by molar-refractivity contribution is 7.89. The first-order valence-corrected chi connectivity index (χ1v) is 7.32. The van der Waals surface area contributed by atoms with Gasteiger partial charge in [-0.3, -0.25) is 4.79 Å². The topological polar surface area (TPSA) is 140 Å². The van der Waals surface area contributed by atoms with Crippen LogP contribution in [0.25, 0.3) is 0 Å². The van der Waals surface area contributed by atoms with Crippen LogP contribution in [0.15, 0.2) is 35.4 Å². The van der Waals surface area contributed by atoms with E-state index in [1.807, 2.05) is 0 Å². The van der Waals surface area contributed by atoms with Crippen molar-refractivity contribution in [3.63, 3.8) is 0 Å². The molecule has 1 aromatic heterocycles. The third-order valence-corrected chi connectivity index (χ3v) is 4.40. The third kappa shape index (κ3) is 3.41. The molecule has 2 unspecified atom stereocenters. The van der Waals surface area contributed by atoms with Crippen molar-refractivity contribution in [1.29, 1.82) is 0 Å². The minimum atomic E-state index is -3.91. The lowest BCUT2D eigenvalue weighted by molar-refractivity contribution is -0.389. The van der Waals surface area contributed by atoms with Gasteiger partial charge in [-0.05, 0) is 22.4 Å². The van der Waals surface area contributed by atoms with Gasteiger partial charge in [0.15, 0.2) is 6.20 Å². The molecule has 0 aliphatic heterocycles. The highest BCUT2D eigenvalue weighted by Gasteiger charge is 2.28. The molecule has 1 aliphatic rings. The van der Waals surface area contributed by atoms with Crippen molar-refractivity contribution in [2.75, 3.05) is 0 Å². The molecule has 1 aliphatic carbocycles. The highest BCUT2D eigenvalue weighted by Crippen LogP contribution is 2.20. The molecule has 0 amide bonds. The molecule has 0 spiro atoms. The first-order valence-electron chi connectivity index (χ1n) is 5.83. The summed E-state index contributed by atoms with van der Waals surface area (Å²) >= 11 is 0. The monoisotopic (exact) mass is 313 g/mol. The molecule has 0 saturated carbocycles. The number of aromatic nitrogens is 1. The second-order valence-corrected chi connectivity index (χ2v) is 6.12. The normalized spacial score (nSPS) is 21.3. The minimum absolute atomic E-state index is 0.120.